The molecule has 0 N–H and O–H groups in total. The van der Waals surface area contributed by atoms with E-state index in [9.17, 15) is 0 Å². The average Bonchev–Trinajstić information content (AvgIpc) is 3.06. The molecule has 0 radical (unpaired) electrons. The van der Waals surface area contributed by atoms with Crippen LogP contribution in [-0.2, 0) is 4.74 Å². The van der Waals surface area contributed by atoms with Crippen molar-refractivity contribution >= 4 is 10.8 Å². The molecule has 2 aromatic rings. The van der Waals surface area contributed by atoms with Crippen molar-refractivity contribution in [1.82, 2.24) is 4.98 Å². The molecule has 1 unspecified atom stereocenters. The number of pyridine rings is 1. The molecular weight excluding hydrogens is 246 g/mol. The number of nitrogens with zero attached hydrogens (tertiary/aromatic N) is 1. The van der Waals surface area contributed by atoms with Crippen molar-refractivity contribution in [3.05, 3.63) is 41.7 Å². The molecule has 0 saturated carbocycles. The van der Waals surface area contributed by atoms with Crippen molar-refractivity contribution in [3.8, 4) is 0 Å². The maximum Gasteiger partial charge on any atom is 0.0536 e. The molecule has 20 heavy (non-hydrogen) atoms. The first-order valence-electron chi connectivity index (χ1n) is 7.78. The molecule has 0 amide bonds. The molecule has 0 spiro atoms. The predicted molar refractivity (Wildman–Crippen MR) is 87.4 cm³/mol. The van der Waals surface area contributed by atoms with Crippen LogP contribution in [0, 0.1) is 6.92 Å². The second kappa shape index (κ2) is 8.70. The largest absolute Gasteiger partial charge is 0.381 e. The van der Waals surface area contributed by atoms with Crippen LogP contribution < -0.4 is 0 Å². The summed E-state index contributed by atoms with van der Waals surface area (Å²) in [6.45, 7) is 11.8. The summed E-state index contributed by atoms with van der Waals surface area (Å²) in [4.78, 5) is 4.50. The Hall–Kier alpha value is -1.41. The van der Waals surface area contributed by atoms with E-state index in [1.54, 1.807) is 0 Å². The molecule has 1 atom stereocenters. The highest BCUT2D eigenvalue weighted by Crippen LogP contribution is 2.31. The van der Waals surface area contributed by atoms with Gasteiger partial charge in [-0.3, -0.25) is 4.98 Å². The maximum absolute atomic E-state index is 5.46. The molecule has 0 aliphatic carbocycles. The Bertz CT molecular complexity index is 516. The summed E-state index contributed by atoms with van der Waals surface area (Å²) in [6.07, 6.45) is 3.14. The minimum atomic E-state index is 0.526. The maximum atomic E-state index is 5.46. The molecule has 2 nitrogen and oxygen atoms in total. The lowest BCUT2D eigenvalue weighted by Crippen LogP contribution is -2.00. The van der Waals surface area contributed by atoms with Crippen LogP contribution in [0.2, 0.25) is 0 Å². The van der Waals surface area contributed by atoms with E-state index >= 15 is 0 Å². The van der Waals surface area contributed by atoms with E-state index in [2.05, 4.69) is 36.2 Å². The van der Waals surface area contributed by atoms with E-state index in [0.29, 0.717) is 5.92 Å². The van der Waals surface area contributed by atoms with E-state index in [0.717, 1.165) is 25.3 Å². The molecule has 1 aliphatic heterocycles. The van der Waals surface area contributed by atoms with Gasteiger partial charge in [0.25, 0.3) is 0 Å². The zero-order valence-electron chi connectivity index (χ0n) is 13.4. The van der Waals surface area contributed by atoms with Gasteiger partial charge in [0, 0.05) is 29.8 Å². The lowest BCUT2D eigenvalue weighted by atomic mass is 9.94. The SMILES string of the molecule is CC.CC.Cc1ncc(C2CCOC2)c2ccccc12. The summed E-state index contributed by atoms with van der Waals surface area (Å²) in [5.74, 6) is 0.526. The van der Waals surface area contributed by atoms with Crippen LogP contribution in [0.25, 0.3) is 10.8 Å². The number of benzene rings is 1. The van der Waals surface area contributed by atoms with Gasteiger partial charge in [-0.25, -0.2) is 0 Å². The van der Waals surface area contributed by atoms with Gasteiger partial charge in [-0.1, -0.05) is 52.0 Å². The second-order valence-electron chi connectivity index (χ2n) is 4.41. The summed E-state index contributed by atoms with van der Waals surface area (Å²) < 4.78 is 5.46. The van der Waals surface area contributed by atoms with Gasteiger partial charge in [0.1, 0.15) is 0 Å². The van der Waals surface area contributed by atoms with Crippen LogP contribution in [0.3, 0.4) is 0 Å². The first kappa shape index (κ1) is 16.6. The number of hydrogen-bond acceptors (Lipinski definition) is 2. The van der Waals surface area contributed by atoms with E-state index in [4.69, 9.17) is 4.74 Å². The molecule has 2 heteroatoms. The lowest BCUT2D eigenvalue weighted by molar-refractivity contribution is 0.194. The van der Waals surface area contributed by atoms with Gasteiger partial charge in [0.2, 0.25) is 0 Å². The minimum absolute atomic E-state index is 0.526. The van der Waals surface area contributed by atoms with Crippen molar-refractivity contribution in [2.45, 2.75) is 47.0 Å². The molecule has 0 bridgehead atoms. The summed E-state index contributed by atoms with van der Waals surface area (Å²) in [6, 6.07) is 8.52. The quantitative estimate of drug-likeness (QED) is 0.721. The summed E-state index contributed by atoms with van der Waals surface area (Å²) in [5, 5.41) is 2.61. The fourth-order valence-electron chi connectivity index (χ4n) is 2.46. The second-order valence-corrected chi connectivity index (χ2v) is 4.41. The van der Waals surface area contributed by atoms with E-state index in [1.165, 1.54) is 16.3 Å². The molecule has 110 valence electrons. The number of aromatic nitrogens is 1. The lowest BCUT2D eigenvalue weighted by Gasteiger charge is -2.12. The van der Waals surface area contributed by atoms with Gasteiger partial charge >= 0.3 is 0 Å². The van der Waals surface area contributed by atoms with E-state index in [1.807, 2.05) is 33.9 Å². The third-order valence-corrected chi connectivity index (χ3v) is 3.39. The predicted octanol–water partition coefficient (Wildman–Crippen LogP) is 5.10. The Morgan fingerprint density at radius 1 is 1.05 bits per heavy atom. The van der Waals surface area contributed by atoms with Crippen LogP contribution in [0.5, 0.6) is 0 Å². The molecule has 1 aromatic heterocycles. The first-order chi connectivity index (χ1) is 9.86. The van der Waals surface area contributed by atoms with Crippen molar-refractivity contribution in [2.24, 2.45) is 0 Å². The third kappa shape index (κ3) is 3.57. The van der Waals surface area contributed by atoms with Gasteiger partial charge < -0.3 is 4.74 Å². The molecule has 3 rings (SSSR count). The zero-order chi connectivity index (χ0) is 15.0. The van der Waals surface area contributed by atoms with E-state index in [-0.39, 0.29) is 0 Å². The standard InChI is InChI=1S/C14H15NO.2C2H6/c1-10-12-4-2-3-5-13(12)14(8-15-10)11-6-7-16-9-11;2*1-2/h2-5,8,11H,6-7,9H2,1H3;2*1-2H3. The number of hydrogen-bond donors (Lipinski definition) is 0. The fraction of sp³-hybridized carbons (Fsp3) is 0.500. The normalized spacial score (nSPS) is 16.9. The van der Waals surface area contributed by atoms with Crippen LogP contribution >= 0.6 is 0 Å². The summed E-state index contributed by atoms with van der Waals surface area (Å²) >= 11 is 0. The highest BCUT2D eigenvalue weighted by molar-refractivity contribution is 5.87. The van der Waals surface area contributed by atoms with Crippen LogP contribution in [-0.4, -0.2) is 18.2 Å². The van der Waals surface area contributed by atoms with Gasteiger partial charge in [0.05, 0.1) is 6.61 Å². The van der Waals surface area contributed by atoms with Crippen LogP contribution in [0.1, 0.15) is 51.3 Å². The molecule has 1 aliphatic rings. The third-order valence-electron chi connectivity index (χ3n) is 3.39. The highest BCUT2D eigenvalue weighted by atomic mass is 16.5. The Balaban J connectivity index is 0.000000461. The van der Waals surface area contributed by atoms with Crippen molar-refractivity contribution in [2.75, 3.05) is 13.2 Å². The highest BCUT2D eigenvalue weighted by Gasteiger charge is 2.20. The number of rotatable bonds is 1. The number of fused-ring (bicyclic) bond motifs is 1. The minimum Gasteiger partial charge on any atom is -0.381 e. The van der Waals surface area contributed by atoms with E-state index < -0.39 is 0 Å². The molecule has 1 saturated heterocycles. The van der Waals surface area contributed by atoms with Crippen molar-refractivity contribution in [3.63, 3.8) is 0 Å². The zero-order valence-corrected chi connectivity index (χ0v) is 13.4. The van der Waals surface area contributed by atoms with Crippen molar-refractivity contribution in [1.29, 1.82) is 0 Å². The van der Waals surface area contributed by atoms with Gasteiger partial charge in [0.15, 0.2) is 0 Å². The molecule has 1 aromatic carbocycles. The molecule has 1 fully saturated rings. The monoisotopic (exact) mass is 273 g/mol. The summed E-state index contributed by atoms with van der Waals surface area (Å²) in [7, 11) is 0. The molecular formula is C18H27NO. The van der Waals surface area contributed by atoms with Gasteiger partial charge in [-0.2, -0.15) is 0 Å². The summed E-state index contributed by atoms with van der Waals surface area (Å²) in [5.41, 5.74) is 2.46. The van der Waals surface area contributed by atoms with Crippen molar-refractivity contribution < 1.29 is 4.74 Å². The van der Waals surface area contributed by atoms with Crippen LogP contribution in [0.15, 0.2) is 30.5 Å². The Labute approximate surface area is 123 Å². The van der Waals surface area contributed by atoms with Crippen LogP contribution in [0.4, 0.5) is 0 Å². The number of aryl methyl sites for hydroxylation is 1. The van der Waals surface area contributed by atoms with Gasteiger partial charge in [-0.15, -0.1) is 0 Å². The number of ether oxygens (including phenoxy) is 1. The average molecular weight is 273 g/mol. The smallest absolute Gasteiger partial charge is 0.0536 e. The topological polar surface area (TPSA) is 22.1 Å². The Morgan fingerprint density at radius 3 is 2.30 bits per heavy atom. The molecule has 2 heterocycles. The Morgan fingerprint density at radius 2 is 1.70 bits per heavy atom. The Kier molecular flexibility index (Phi) is 7.24. The van der Waals surface area contributed by atoms with Gasteiger partial charge in [-0.05, 0) is 24.3 Å². The first-order valence-corrected chi connectivity index (χ1v) is 7.78. The fourth-order valence-corrected chi connectivity index (χ4v) is 2.46.